The van der Waals surface area contributed by atoms with Crippen molar-refractivity contribution in [3.05, 3.63) is 35.9 Å². The quantitative estimate of drug-likeness (QED) is 0.869. The van der Waals surface area contributed by atoms with Gasteiger partial charge in [-0.25, -0.2) is 0 Å². The van der Waals surface area contributed by atoms with Crippen LogP contribution in [0.1, 0.15) is 39.2 Å². The van der Waals surface area contributed by atoms with Crippen LogP contribution in [-0.4, -0.2) is 29.2 Å². The fraction of sp³-hybridized carbons (Fsp3) is 0.588. The van der Waals surface area contributed by atoms with Crippen molar-refractivity contribution in [3.63, 3.8) is 0 Å². The van der Waals surface area contributed by atoms with Crippen LogP contribution in [-0.2, 0) is 16.1 Å². The van der Waals surface area contributed by atoms with Crippen LogP contribution in [0.25, 0.3) is 0 Å². The zero-order valence-electron chi connectivity index (χ0n) is 13.2. The molecule has 21 heavy (non-hydrogen) atoms. The molecule has 0 aromatic heterocycles. The molecule has 0 aliphatic carbocycles. The van der Waals surface area contributed by atoms with Crippen LogP contribution < -0.4 is 5.73 Å². The number of nitrogens with two attached hydrogens (primary N) is 1. The number of hydrogen-bond donors (Lipinski definition) is 1. The molecule has 2 N–H and O–H groups in total. The molecule has 1 aliphatic heterocycles. The lowest BCUT2D eigenvalue weighted by atomic mass is 9.94. The number of hydrogen-bond acceptors (Lipinski definition) is 4. The predicted octanol–water partition coefficient (Wildman–Crippen LogP) is 2.53. The molecule has 0 spiro atoms. The Balaban J connectivity index is 2.01. The zero-order chi connectivity index (χ0) is 15.5. The second-order valence-corrected chi connectivity index (χ2v) is 6.73. The molecule has 1 unspecified atom stereocenters. The van der Waals surface area contributed by atoms with E-state index < -0.39 is 5.60 Å². The van der Waals surface area contributed by atoms with Crippen molar-refractivity contribution in [2.75, 3.05) is 6.54 Å². The first-order chi connectivity index (χ1) is 9.87. The van der Waals surface area contributed by atoms with Gasteiger partial charge in [-0.3, -0.25) is 9.69 Å². The molecule has 1 aromatic carbocycles. The molecule has 2 atom stereocenters. The lowest BCUT2D eigenvalue weighted by Crippen LogP contribution is -2.53. The fourth-order valence-corrected chi connectivity index (χ4v) is 2.73. The molecule has 0 bridgehead atoms. The van der Waals surface area contributed by atoms with Crippen LogP contribution in [0.15, 0.2) is 30.3 Å². The molecule has 0 amide bonds. The third kappa shape index (κ3) is 4.55. The Labute approximate surface area is 127 Å². The number of rotatable bonds is 3. The summed E-state index contributed by atoms with van der Waals surface area (Å²) < 4.78 is 5.50. The van der Waals surface area contributed by atoms with Crippen LogP contribution in [0.3, 0.4) is 0 Å². The Bertz CT molecular complexity index is 467. The normalized spacial score (nSPS) is 23.8. The van der Waals surface area contributed by atoms with E-state index >= 15 is 0 Å². The van der Waals surface area contributed by atoms with Gasteiger partial charge in [0.15, 0.2) is 0 Å². The Hall–Kier alpha value is -1.39. The van der Waals surface area contributed by atoms with Crippen molar-refractivity contribution in [2.45, 2.75) is 51.9 Å². The minimum Gasteiger partial charge on any atom is -0.460 e. The minimum absolute atomic E-state index is 0.173. The summed E-state index contributed by atoms with van der Waals surface area (Å²) in [7, 11) is 0. The molecule has 2 rings (SSSR count). The second kappa shape index (κ2) is 6.58. The smallest absolute Gasteiger partial charge is 0.312 e. The summed E-state index contributed by atoms with van der Waals surface area (Å²) in [5, 5.41) is 0. The van der Waals surface area contributed by atoms with Crippen molar-refractivity contribution in [1.29, 1.82) is 0 Å². The average Bonchev–Trinajstić information content (AvgIpc) is 2.40. The number of esters is 1. The average molecular weight is 290 g/mol. The molecule has 1 heterocycles. The van der Waals surface area contributed by atoms with Crippen LogP contribution in [0, 0.1) is 5.92 Å². The summed E-state index contributed by atoms with van der Waals surface area (Å²) in [5.41, 5.74) is 7.08. The first-order valence-corrected chi connectivity index (χ1v) is 7.63. The highest BCUT2D eigenvalue weighted by molar-refractivity contribution is 5.73. The maximum Gasteiger partial charge on any atom is 0.312 e. The van der Waals surface area contributed by atoms with Crippen molar-refractivity contribution < 1.29 is 9.53 Å². The van der Waals surface area contributed by atoms with Crippen molar-refractivity contribution >= 4 is 5.97 Å². The van der Waals surface area contributed by atoms with Gasteiger partial charge in [-0.15, -0.1) is 0 Å². The SMILES string of the molecule is CC(C)(C)OC(=O)C1CCCN(Cc2ccccc2)[C@@H]1N. The van der Waals surface area contributed by atoms with E-state index in [4.69, 9.17) is 10.5 Å². The molecule has 1 aromatic rings. The zero-order valence-corrected chi connectivity index (χ0v) is 13.2. The van der Waals surface area contributed by atoms with E-state index in [0.29, 0.717) is 0 Å². The molecule has 4 heteroatoms. The Morgan fingerprint density at radius 1 is 1.33 bits per heavy atom. The number of piperidine rings is 1. The maximum atomic E-state index is 12.3. The summed E-state index contributed by atoms with van der Waals surface area (Å²) in [6.45, 7) is 7.37. The second-order valence-electron chi connectivity index (χ2n) is 6.73. The van der Waals surface area contributed by atoms with Gasteiger partial charge in [0, 0.05) is 13.1 Å². The predicted molar refractivity (Wildman–Crippen MR) is 83.4 cm³/mol. The van der Waals surface area contributed by atoms with Gasteiger partial charge in [0.05, 0.1) is 12.1 Å². The van der Waals surface area contributed by atoms with E-state index in [2.05, 4.69) is 17.0 Å². The van der Waals surface area contributed by atoms with Crippen LogP contribution in [0.5, 0.6) is 0 Å². The first kappa shape index (κ1) is 16.0. The molecule has 4 nitrogen and oxygen atoms in total. The highest BCUT2D eigenvalue weighted by Gasteiger charge is 2.36. The van der Waals surface area contributed by atoms with Gasteiger partial charge in [-0.2, -0.15) is 0 Å². The Kier molecular flexibility index (Phi) is 5.01. The van der Waals surface area contributed by atoms with Gasteiger partial charge in [-0.05, 0) is 39.2 Å². The maximum absolute atomic E-state index is 12.3. The van der Waals surface area contributed by atoms with Gasteiger partial charge in [0.2, 0.25) is 0 Å². The summed E-state index contributed by atoms with van der Waals surface area (Å²) >= 11 is 0. The van der Waals surface area contributed by atoms with E-state index in [0.717, 1.165) is 25.9 Å². The Morgan fingerprint density at radius 2 is 2.00 bits per heavy atom. The number of likely N-dealkylation sites (tertiary alicyclic amines) is 1. The van der Waals surface area contributed by atoms with Crippen LogP contribution in [0.2, 0.25) is 0 Å². The minimum atomic E-state index is -0.460. The van der Waals surface area contributed by atoms with Crippen molar-refractivity contribution in [2.24, 2.45) is 11.7 Å². The molecule has 1 aliphatic rings. The van der Waals surface area contributed by atoms with Crippen molar-refractivity contribution in [1.82, 2.24) is 4.90 Å². The lowest BCUT2D eigenvalue weighted by molar-refractivity contribution is -0.164. The summed E-state index contributed by atoms with van der Waals surface area (Å²) in [4.78, 5) is 14.5. The van der Waals surface area contributed by atoms with Crippen molar-refractivity contribution in [3.8, 4) is 0 Å². The number of carbonyl (C=O) groups excluding carboxylic acids is 1. The molecule has 1 saturated heterocycles. The highest BCUT2D eigenvalue weighted by Crippen LogP contribution is 2.25. The van der Waals surface area contributed by atoms with E-state index in [9.17, 15) is 4.79 Å². The van der Waals surface area contributed by atoms with Gasteiger partial charge in [0.1, 0.15) is 5.60 Å². The molecular formula is C17H26N2O2. The number of ether oxygens (including phenoxy) is 1. The standard InChI is InChI=1S/C17H26N2O2/c1-17(2,3)21-16(20)14-10-7-11-19(15(14)18)12-13-8-5-4-6-9-13/h4-6,8-9,14-15H,7,10-12,18H2,1-3H3/t14?,15-/m0/s1. The number of carbonyl (C=O) groups is 1. The fourth-order valence-electron chi connectivity index (χ4n) is 2.73. The summed E-state index contributed by atoms with van der Waals surface area (Å²) in [5.74, 6) is -0.408. The number of nitrogens with zero attached hydrogens (tertiary/aromatic N) is 1. The largest absolute Gasteiger partial charge is 0.460 e. The third-order valence-corrected chi connectivity index (χ3v) is 3.73. The van der Waals surface area contributed by atoms with Crippen LogP contribution in [0.4, 0.5) is 0 Å². The molecule has 0 saturated carbocycles. The van der Waals surface area contributed by atoms with Crippen LogP contribution >= 0.6 is 0 Å². The van der Waals surface area contributed by atoms with Gasteiger partial charge in [-0.1, -0.05) is 30.3 Å². The van der Waals surface area contributed by atoms with E-state index in [1.165, 1.54) is 5.56 Å². The monoisotopic (exact) mass is 290 g/mol. The first-order valence-electron chi connectivity index (χ1n) is 7.63. The Morgan fingerprint density at radius 3 is 2.62 bits per heavy atom. The van der Waals surface area contributed by atoms with Gasteiger partial charge >= 0.3 is 5.97 Å². The molecular weight excluding hydrogens is 264 g/mol. The van der Waals surface area contributed by atoms with E-state index in [1.807, 2.05) is 39.0 Å². The highest BCUT2D eigenvalue weighted by atomic mass is 16.6. The number of benzene rings is 1. The lowest BCUT2D eigenvalue weighted by Gasteiger charge is -2.38. The van der Waals surface area contributed by atoms with E-state index in [1.54, 1.807) is 0 Å². The summed E-state index contributed by atoms with van der Waals surface area (Å²) in [6.07, 6.45) is 1.51. The van der Waals surface area contributed by atoms with E-state index in [-0.39, 0.29) is 18.1 Å². The van der Waals surface area contributed by atoms with Gasteiger partial charge in [0.25, 0.3) is 0 Å². The third-order valence-electron chi connectivity index (χ3n) is 3.73. The summed E-state index contributed by atoms with van der Waals surface area (Å²) in [6, 6.07) is 10.2. The molecule has 116 valence electrons. The topological polar surface area (TPSA) is 55.6 Å². The van der Waals surface area contributed by atoms with Gasteiger partial charge < -0.3 is 10.5 Å². The molecule has 0 radical (unpaired) electrons. The molecule has 1 fully saturated rings.